The molecule has 8 heteroatoms. The van der Waals surface area contributed by atoms with Crippen LogP contribution in [0.15, 0.2) is 29.3 Å². The number of rotatable bonds is 5. The molecule has 0 bridgehead atoms. The largest absolute Gasteiger partial charge is 0.496 e. The van der Waals surface area contributed by atoms with Crippen LogP contribution < -0.4 is 10.1 Å². The first-order chi connectivity index (χ1) is 11.8. The van der Waals surface area contributed by atoms with Gasteiger partial charge in [0, 0.05) is 26.2 Å². The molecular weight excluding hydrogens is 465 g/mol. The topological polar surface area (TPSA) is 71.0 Å². The lowest BCUT2D eigenvalue weighted by Crippen LogP contribution is -2.57. The Kier molecular flexibility index (Phi) is 8.65. The van der Waals surface area contributed by atoms with Crippen LogP contribution in [-0.2, 0) is 16.3 Å². The smallest absolute Gasteiger partial charge is 0.194 e. The van der Waals surface area contributed by atoms with E-state index in [4.69, 9.17) is 9.73 Å². The highest BCUT2D eigenvalue weighted by Gasteiger charge is 2.40. The number of guanidine groups is 1. The third-order valence-electron chi connectivity index (χ3n) is 4.51. The molecule has 1 aliphatic heterocycles. The van der Waals surface area contributed by atoms with E-state index in [1.165, 1.54) is 0 Å². The summed E-state index contributed by atoms with van der Waals surface area (Å²) >= 11 is 0. The molecule has 0 aliphatic carbocycles. The second-order valence-electron chi connectivity index (χ2n) is 6.80. The van der Waals surface area contributed by atoms with Crippen LogP contribution in [0.2, 0.25) is 0 Å². The number of hydrogen-bond acceptors (Lipinski definition) is 4. The molecule has 0 unspecified atom stereocenters. The molecule has 1 N–H and O–H groups in total. The van der Waals surface area contributed by atoms with Crippen molar-refractivity contribution in [2.24, 2.45) is 4.99 Å². The van der Waals surface area contributed by atoms with Gasteiger partial charge in [0.15, 0.2) is 15.8 Å². The summed E-state index contributed by atoms with van der Waals surface area (Å²) in [5.74, 6) is 1.81. The monoisotopic (exact) mass is 495 g/mol. The van der Waals surface area contributed by atoms with E-state index in [9.17, 15) is 8.42 Å². The van der Waals surface area contributed by atoms with Crippen molar-refractivity contribution < 1.29 is 13.2 Å². The first-order valence-corrected chi connectivity index (χ1v) is 10.3. The van der Waals surface area contributed by atoms with Gasteiger partial charge in [-0.3, -0.25) is 4.99 Å². The van der Waals surface area contributed by atoms with Gasteiger partial charge in [-0.1, -0.05) is 18.2 Å². The van der Waals surface area contributed by atoms with Crippen LogP contribution in [-0.4, -0.2) is 63.1 Å². The summed E-state index contributed by atoms with van der Waals surface area (Å²) in [5.41, 5.74) is 1.12. The summed E-state index contributed by atoms with van der Waals surface area (Å²) in [6.45, 7) is 7.88. The maximum absolute atomic E-state index is 12.2. The number of hydrogen-bond donors (Lipinski definition) is 1. The summed E-state index contributed by atoms with van der Waals surface area (Å²) < 4.78 is 29.0. The van der Waals surface area contributed by atoms with Gasteiger partial charge in [-0.2, -0.15) is 0 Å². The fraction of sp³-hybridized carbons (Fsp3) is 0.611. The predicted molar refractivity (Wildman–Crippen MR) is 118 cm³/mol. The Balaban J connectivity index is 0.00000338. The van der Waals surface area contributed by atoms with E-state index in [-0.39, 0.29) is 29.7 Å². The van der Waals surface area contributed by atoms with E-state index in [1.807, 2.05) is 36.1 Å². The summed E-state index contributed by atoms with van der Waals surface area (Å²) in [6.07, 6.45) is 0.772. The lowest BCUT2D eigenvalue weighted by atomic mass is 10.1. The third-order valence-corrected chi connectivity index (χ3v) is 7.05. The van der Waals surface area contributed by atoms with Crippen molar-refractivity contribution in [1.82, 2.24) is 10.2 Å². The Morgan fingerprint density at radius 1 is 1.35 bits per heavy atom. The molecule has 0 radical (unpaired) electrons. The number of aliphatic imine (C=N–C) groups is 1. The molecule has 1 saturated heterocycles. The van der Waals surface area contributed by atoms with Gasteiger partial charge < -0.3 is 15.0 Å². The van der Waals surface area contributed by atoms with Gasteiger partial charge in [-0.15, -0.1) is 24.0 Å². The first kappa shape index (κ1) is 23.0. The second kappa shape index (κ2) is 9.77. The Morgan fingerprint density at radius 3 is 2.65 bits per heavy atom. The highest BCUT2D eigenvalue weighted by atomic mass is 127. The van der Waals surface area contributed by atoms with E-state index in [0.717, 1.165) is 30.2 Å². The van der Waals surface area contributed by atoms with Crippen LogP contribution in [0.1, 0.15) is 26.3 Å². The van der Waals surface area contributed by atoms with E-state index >= 15 is 0 Å². The van der Waals surface area contributed by atoms with E-state index in [0.29, 0.717) is 19.6 Å². The van der Waals surface area contributed by atoms with E-state index in [1.54, 1.807) is 21.0 Å². The molecule has 148 valence electrons. The Labute approximate surface area is 174 Å². The van der Waals surface area contributed by atoms with Gasteiger partial charge >= 0.3 is 0 Å². The number of methoxy groups -OCH3 is 1. The zero-order valence-corrected chi connectivity index (χ0v) is 19.1. The molecule has 0 saturated carbocycles. The van der Waals surface area contributed by atoms with Crippen molar-refractivity contribution in [2.45, 2.75) is 31.9 Å². The quantitative estimate of drug-likeness (QED) is 0.386. The summed E-state index contributed by atoms with van der Waals surface area (Å²) in [5, 5.41) is 3.28. The summed E-state index contributed by atoms with van der Waals surface area (Å²) in [4.78, 5) is 6.75. The van der Waals surface area contributed by atoms with Crippen LogP contribution in [0, 0.1) is 0 Å². The highest BCUT2D eigenvalue weighted by molar-refractivity contribution is 14.0. The molecule has 2 rings (SSSR count). The Hall–Kier alpha value is -1.03. The van der Waals surface area contributed by atoms with Gasteiger partial charge in [0.25, 0.3) is 0 Å². The summed E-state index contributed by atoms with van der Waals surface area (Å²) in [7, 11) is -1.39. The fourth-order valence-electron chi connectivity index (χ4n) is 2.94. The molecule has 1 heterocycles. The SMILES string of the molecule is CCNC(=NCCc1ccccc1OC)N1CCS(=O)(=O)C(C)(C)C1.I. The van der Waals surface area contributed by atoms with Crippen molar-refractivity contribution in [3.05, 3.63) is 29.8 Å². The maximum Gasteiger partial charge on any atom is 0.194 e. The molecule has 26 heavy (non-hydrogen) atoms. The highest BCUT2D eigenvalue weighted by Crippen LogP contribution is 2.24. The number of sulfone groups is 1. The average Bonchev–Trinajstić information content (AvgIpc) is 2.57. The molecule has 0 spiro atoms. The normalized spacial score (nSPS) is 18.8. The van der Waals surface area contributed by atoms with Gasteiger partial charge in [-0.05, 0) is 38.8 Å². The third kappa shape index (κ3) is 5.48. The molecule has 1 aromatic carbocycles. The maximum atomic E-state index is 12.2. The zero-order valence-electron chi connectivity index (χ0n) is 16.0. The van der Waals surface area contributed by atoms with Crippen LogP contribution in [0.25, 0.3) is 0 Å². The van der Waals surface area contributed by atoms with E-state index in [2.05, 4.69) is 5.32 Å². The van der Waals surface area contributed by atoms with Crippen molar-refractivity contribution >= 4 is 39.8 Å². The van der Waals surface area contributed by atoms with Crippen LogP contribution in [0.3, 0.4) is 0 Å². The minimum Gasteiger partial charge on any atom is -0.496 e. The molecule has 6 nitrogen and oxygen atoms in total. The van der Waals surface area contributed by atoms with Gasteiger partial charge in [0.05, 0.1) is 17.6 Å². The molecule has 1 fully saturated rings. The average molecular weight is 495 g/mol. The van der Waals surface area contributed by atoms with Gasteiger partial charge in [0.2, 0.25) is 0 Å². The second-order valence-corrected chi connectivity index (χ2v) is 9.54. The first-order valence-electron chi connectivity index (χ1n) is 8.68. The molecule has 0 aromatic heterocycles. The van der Waals surface area contributed by atoms with Crippen molar-refractivity contribution in [1.29, 1.82) is 0 Å². The number of nitrogens with zero attached hydrogens (tertiary/aromatic N) is 2. The molecular formula is C18H30IN3O3S. The zero-order chi connectivity index (χ0) is 18.5. The number of halogens is 1. The van der Waals surface area contributed by atoms with Crippen LogP contribution in [0.5, 0.6) is 5.75 Å². The molecule has 0 amide bonds. The Bertz CT molecular complexity index is 720. The minimum absolute atomic E-state index is 0. The number of nitrogens with one attached hydrogen (secondary N) is 1. The van der Waals surface area contributed by atoms with Gasteiger partial charge in [0.1, 0.15) is 5.75 Å². The van der Waals surface area contributed by atoms with Gasteiger partial charge in [-0.25, -0.2) is 8.42 Å². The van der Waals surface area contributed by atoms with Crippen LogP contribution >= 0.6 is 24.0 Å². The Morgan fingerprint density at radius 2 is 2.04 bits per heavy atom. The van der Waals surface area contributed by atoms with Crippen molar-refractivity contribution in [2.75, 3.05) is 39.0 Å². The van der Waals surface area contributed by atoms with Crippen molar-refractivity contribution in [3.8, 4) is 5.75 Å². The summed E-state index contributed by atoms with van der Waals surface area (Å²) in [6, 6.07) is 7.93. The molecule has 0 atom stereocenters. The lowest BCUT2D eigenvalue weighted by Gasteiger charge is -2.39. The van der Waals surface area contributed by atoms with E-state index < -0.39 is 14.6 Å². The van der Waals surface area contributed by atoms with Crippen LogP contribution in [0.4, 0.5) is 0 Å². The minimum atomic E-state index is -3.06. The lowest BCUT2D eigenvalue weighted by molar-refractivity contribution is 0.353. The standard InChI is InChI=1S/C18H29N3O3S.HI/c1-5-19-17(21-12-13-25(22,23)18(2,3)14-21)20-11-10-15-8-6-7-9-16(15)24-4;/h6-9H,5,10-14H2,1-4H3,(H,19,20);1H. The fourth-order valence-corrected chi connectivity index (χ4v) is 4.31. The number of ether oxygens (including phenoxy) is 1. The predicted octanol–water partition coefficient (Wildman–Crippen LogP) is 2.33. The number of benzene rings is 1. The molecule has 1 aromatic rings. The molecule has 1 aliphatic rings. The van der Waals surface area contributed by atoms with Crippen molar-refractivity contribution in [3.63, 3.8) is 0 Å². The number of para-hydroxylation sites is 1.